The Morgan fingerprint density at radius 2 is 2.00 bits per heavy atom. The average Bonchev–Trinajstić information content (AvgIpc) is 2.86. The van der Waals surface area contributed by atoms with Gasteiger partial charge in [0.05, 0.1) is 6.10 Å². The largest absolute Gasteiger partial charge is 0.444 e. The van der Waals surface area contributed by atoms with E-state index in [0.717, 1.165) is 12.0 Å². The monoisotopic (exact) mass is 277 g/mol. The number of amides is 1. The van der Waals surface area contributed by atoms with Gasteiger partial charge in [0, 0.05) is 19.0 Å². The summed E-state index contributed by atoms with van der Waals surface area (Å²) in [6.07, 6.45) is -0.0149. The Bertz CT molecular complexity index is 453. The fourth-order valence-electron chi connectivity index (χ4n) is 2.46. The fourth-order valence-corrected chi connectivity index (χ4v) is 2.46. The van der Waals surface area contributed by atoms with Gasteiger partial charge in [0.1, 0.15) is 5.60 Å². The summed E-state index contributed by atoms with van der Waals surface area (Å²) in [6.45, 7) is 6.76. The van der Waals surface area contributed by atoms with Gasteiger partial charge >= 0.3 is 6.09 Å². The summed E-state index contributed by atoms with van der Waals surface area (Å²) in [6, 6.07) is 9.59. The maximum atomic E-state index is 12.0. The minimum atomic E-state index is -0.524. The molecule has 0 bridgehead atoms. The SMILES string of the molecule is CC(C)(C)OC(=O)N1CC[C@@H](C(O)c2ccccc2)C1. The molecule has 1 aromatic rings. The molecule has 1 aliphatic heterocycles. The van der Waals surface area contributed by atoms with E-state index < -0.39 is 11.7 Å². The first-order valence-electron chi connectivity index (χ1n) is 7.08. The molecule has 4 heteroatoms. The number of carbonyl (C=O) groups is 1. The van der Waals surface area contributed by atoms with Gasteiger partial charge in [0.15, 0.2) is 0 Å². The van der Waals surface area contributed by atoms with Crippen LogP contribution < -0.4 is 0 Å². The van der Waals surface area contributed by atoms with Gasteiger partial charge in [0.25, 0.3) is 0 Å². The summed E-state index contributed by atoms with van der Waals surface area (Å²) in [5, 5.41) is 10.4. The Labute approximate surface area is 120 Å². The summed E-state index contributed by atoms with van der Waals surface area (Å²) < 4.78 is 5.36. The van der Waals surface area contributed by atoms with Gasteiger partial charge in [-0.05, 0) is 32.8 Å². The van der Waals surface area contributed by atoms with Gasteiger partial charge < -0.3 is 14.7 Å². The van der Waals surface area contributed by atoms with E-state index >= 15 is 0 Å². The molecule has 1 unspecified atom stereocenters. The van der Waals surface area contributed by atoms with Gasteiger partial charge in [-0.3, -0.25) is 0 Å². The van der Waals surface area contributed by atoms with Crippen LogP contribution in [0.25, 0.3) is 0 Å². The number of aliphatic hydroxyl groups is 1. The lowest BCUT2D eigenvalue weighted by molar-refractivity contribution is 0.0268. The molecule has 1 N–H and O–H groups in total. The number of benzene rings is 1. The summed E-state index contributed by atoms with van der Waals surface area (Å²) >= 11 is 0. The Morgan fingerprint density at radius 1 is 1.35 bits per heavy atom. The van der Waals surface area contributed by atoms with E-state index in [1.165, 1.54) is 0 Å². The molecule has 1 aliphatic rings. The second-order valence-electron chi connectivity index (χ2n) is 6.33. The van der Waals surface area contributed by atoms with Crippen molar-refractivity contribution in [2.24, 2.45) is 5.92 Å². The summed E-state index contributed by atoms with van der Waals surface area (Å²) in [7, 11) is 0. The number of ether oxygens (including phenoxy) is 1. The molecule has 2 atom stereocenters. The number of aliphatic hydroxyl groups excluding tert-OH is 1. The lowest BCUT2D eigenvalue weighted by atomic mass is 9.95. The maximum Gasteiger partial charge on any atom is 0.410 e. The zero-order chi connectivity index (χ0) is 14.8. The fraction of sp³-hybridized carbons (Fsp3) is 0.562. The number of likely N-dealkylation sites (tertiary alicyclic amines) is 1. The Kier molecular flexibility index (Phi) is 4.33. The third kappa shape index (κ3) is 3.73. The highest BCUT2D eigenvalue weighted by molar-refractivity contribution is 5.68. The normalized spacial score (nSPS) is 20.8. The average molecular weight is 277 g/mol. The molecule has 110 valence electrons. The van der Waals surface area contributed by atoms with Crippen molar-refractivity contribution in [1.82, 2.24) is 4.90 Å². The van der Waals surface area contributed by atoms with Crippen LogP contribution in [0.1, 0.15) is 38.9 Å². The number of hydrogen-bond donors (Lipinski definition) is 1. The van der Waals surface area contributed by atoms with E-state index in [-0.39, 0.29) is 12.0 Å². The van der Waals surface area contributed by atoms with Crippen molar-refractivity contribution in [3.8, 4) is 0 Å². The lowest BCUT2D eigenvalue weighted by Crippen LogP contribution is -2.35. The Morgan fingerprint density at radius 3 is 2.60 bits per heavy atom. The van der Waals surface area contributed by atoms with Gasteiger partial charge in [-0.1, -0.05) is 30.3 Å². The first kappa shape index (κ1) is 14.9. The summed E-state index contributed by atoms with van der Waals surface area (Å²) in [4.78, 5) is 13.7. The van der Waals surface area contributed by atoms with E-state index in [2.05, 4.69) is 0 Å². The zero-order valence-electron chi connectivity index (χ0n) is 12.4. The molecule has 1 heterocycles. The molecule has 0 aliphatic carbocycles. The van der Waals surface area contributed by atoms with Crippen molar-refractivity contribution >= 4 is 6.09 Å². The molecule has 1 fully saturated rings. The number of carbonyl (C=O) groups excluding carboxylic acids is 1. The van der Waals surface area contributed by atoms with Gasteiger partial charge in [-0.15, -0.1) is 0 Å². The molecule has 0 spiro atoms. The first-order chi connectivity index (χ1) is 9.37. The highest BCUT2D eigenvalue weighted by Gasteiger charge is 2.33. The van der Waals surface area contributed by atoms with Crippen LogP contribution in [0.4, 0.5) is 4.79 Å². The van der Waals surface area contributed by atoms with Crippen LogP contribution in [0.15, 0.2) is 30.3 Å². The van der Waals surface area contributed by atoms with E-state index in [1.807, 2.05) is 51.1 Å². The molecule has 1 aromatic carbocycles. The number of nitrogens with zero attached hydrogens (tertiary/aromatic N) is 1. The van der Waals surface area contributed by atoms with Gasteiger partial charge in [0.2, 0.25) is 0 Å². The molecule has 2 rings (SSSR count). The first-order valence-corrected chi connectivity index (χ1v) is 7.08. The van der Waals surface area contributed by atoms with Crippen molar-refractivity contribution in [2.45, 2.75) is 38.9 Å². The zero-order valence-corrected chi connectivity index (χ0v) is 12.4. The van der Waals surface area contributed by atoms with E-state index in [9.17, 15) is 9.90 Å². The smallest absolute Gasteiger partial charge is 0.410 e. The third-order valence-corrected chi connectivity index (χ3v) is 3.46. The number of rotatable bonds is 2. The van der Waals surface area contributed by atoms with Crippen LogP contribution in [0.3, 0.4) is 0 Å². The quantitative estimate of drug-likeness (QED) is 0.904. The van der Waals surface area contributed by atoms with E-state index in [4.69, 9.17) is 4.74 Å². The number of hydrogen-bond acceptors (Lipinski definition) is 3. The Hall–Kier alpha value is -1.55. The van der Waals surface area contributed by atoms with Crippen LogP contribution in [0.5, 0.6) is 0 Å². The second-order valence-corrected chi connectivity index (χ2v) is 6.33. The van der Waals surface area contributed by atoms with E-state index in [1.54, 1.807) is 4.90 Å². The topological polar surface area (TPSA) is 49.8 Å². The van der Waals surface area contributed by atoms with Gasteiger partial charge in [-0.2, -0.15) is 0 Å². The Balaban J connectivity index is 1.94. The molecule has 1 saturated heterocycles. The molecular weight excluding hydrogens is 254 g/mol. The van der Waals surface area contributed by atoms with Crippen LogP contribution in [-0.2, 0) is 4.74 Å². The van der Waals surface area contributed by atoms with Crippen molar-refractivity contribution in [2.75, 3.05) is 13.1 Å². The maximum absolute atomic E-state index is 12.0. The van der Waals surface area contributed by atoms with Crippen molar-refractivity contribution in [1.29, 1.82) is 0 Å². The summed E-state index contributed by atoms with van der Waals surface area (Å²) in [5.74, 6) is 0.0740. The van der Waals surface area contributed by atoms with Crippen molar-refractivity contribution in [3.05, 3.63) is 35.9 Å². The van der Waals surface area contributed by atoms with Gasteiger partial charge in [-0.25, -0.2) is 4.79 Å². The highest BCUT2D eigenvalue weighted by Crippen LogP contribution is 2.30. The minimum absolute atomic E-state index is 0.0740. The molecule has 0 radical (unpaired) electrons. The molecule has 0 saturated carbocycles. The van der Waals surface area contributed by atoms with Crippen LogP contribution >= 0.6 is 0 Å². The standard InChI is InChI=1S/C16H23NO3/c1-16(2,3)20-15(19)17-10-9-13(11-17)14(18)12-7-5-4-6-8-12/h4-8,13-14,18H,9-11H2,1-3H3/t13-,14?/m1/s1. The second kappa shape index (κ2) is 5.83. The van der Waals surface area contributed by atoms with Crippen LogP contribution in [-0.4, -0.2) is 34.8 Å². The molecule has 20 heavy (non-hydrogen) atoms. The highest BCUT2D eigenvalue weighted by atomic mass is 16.6. The van der Waals surface area contributed by atoms with Crippen molar-refractivity contribution in [3.63, 3.8) is 0 Å². The van der Waals surface area contributed by atoms with Crippen molar-refractivity contribution < 1.29 is 14.6 Å². The molecule has 4 nitrogen and oxygen atoms in total. The van der Waals surface area contributed by atoms with Crippen LogP contribution in [0.2, 0.25) is 0 Å². The molecule has 0 aromatic heterocycles. The summed E-state index contributed by atoms with van der Waals surface area (Å²) in [5.41, 5.74) is 0.427. The molecule has 1 amide bonds. The predicted octanol–water partition coefficient (Wildman–Crippen LogP) is 2.98. The lowest BCUT2D eigenvalue weighted by Gasteiger charge is -2.25. The van der Waals surface area contributed by atoms with Crippen LogP contribution in [0, 0.1) is 5.92 Å². The van der Waals surface area contributed by atoms with E-state index in [0.29, 0.717) is 13.1 Å². The third-order valence-electron chi connectivity index (χ3n) is 3.46. The molecular formula is C16H23NO3. The minimum Gasteiger partial charge on any atom is -0.444 e. The predicted molar refractivity (Wildman–Crippen MR) is 77.3 cm³/mol.